The molecule has 0 saturated heterocycles. The summed E-state index contributed by atoms with van der Waals surface area (Å²) in [7, 11) is 3.93. The molecule has 1 amide bonds. The topological polar surface area (TPSA) is 45.2 Å². The van der Waals surface area contributed by atoms with Crippen molar-refractivity contribution in [3.8, 4) is 0 Å². The number of halogens is 1. The number of rotatable bonds is 3. The van der Waals surface area contributed by atoms with Crippen LogP contribution >= 0.6 is 11.6 Å². The first kappa shape index (κ1) is 13.4. The first-order valence-electron chi connectivity index (χ1n) is 5.76. The van der Waals surface area contributed by atoms with E-state index >= 15 is 0 Å². The third-order valence-electron chi connectivity index (χ3n) is 2.63. The molecular weight excluding hydrogens is 262 g/mol. The second kappa shape index (κ2) is 5.71. The number of aromatic nitrogens is 1. The number of benzene rings is 1. The highest BCUT2D eigenvalue weighted by Crippen LogP contribution is 2.16. The quantitative estimate of drug-likeness (QED) is 0.876. The lowest BCUT2D eigenvalue weighted by Crippen LogP contribution is -2.12. The van der Waals surface area contributed by atoms with Crippen molar-refractivity contribution in [3.05, 3.63) is 53.3 Å². The normalized spacial score (nSPS) is 10.1. The molecule has 1 aromatic heterocycles. The Kier molecular flexibility index (Phi) is 4.02. The van der Waals surface area contributed by atoms with Crippen molar-refractivity contribution in [1.82, 2.24) is 4.98 Å². The molecular formula is C14H14ClN3O. The molecule has 0 bridgehead atoms. The molecule has 0 atom stereocenters. The number of hydrogen-bond donors (Lipinski definition) is 1. The van der Waals surface area contributed by atoms with Gasteiger partial charge in [-0.1, -0.05) is 11.6 Å². The summed E-state index contributed by atoms with van der Waals surface area (Å²) < 4.78 is 0. The summed E-state index contributed by atoms with van der Waals surface area (Å²) in [6.07, 6.45) is 1.51. The summed E-state index contributed by atoms with van der Waals surface area (Å²) in [5.41, 5.74) is 2.30. The highest BCUT2D eigenvalue weighted by atomic mass is 35.5. The Morgan fingerprint density at radius 1 is 1.21 bits per heavy atom. The van der Waals surface area contributed by atoms with Crippen molar-refractivity contribution >= 4 is 28.9 Å². The van der Waals surface area contributed by atoms with E-state index in [4.69, 9.17) is 11.6 Å². The van der Waals surface area contributed by atoms with Crippen LogP contribution in [-0.2, 0) is 0 Å². The van der Waals surface area contributed by atoms with Gasteiger partial charge in [0.25, 0.3) is 5.91 Å². The molecule has 1 N–H and O–H groups in total. The summed E-state index contributed by atoms with van der Waals surface area (Å²) in [5.74, 6) is -0.207. The van der Waals surface area contributed by atoms with E-state index in [1.165, 1.54) is 12.3 Å². The highest BCUT2D eigenvalue weighted by Gasteiger charge is 2.07. The van der Waals surface area contributed by atoms with Gasteiger partial charge in [0, 0.05) is 37.2 Å². The average Bonchev–Trinajstić information content (AvgIpc) is 2.39. The smallest absolute Gasteiger partial charge is 0.255 e. The van der Waals surface area contributed by atoms with Crippen molar-refractivity contribution in [3.63, 3.8) is 0 Å². The largest absolute Gasteiger partial charge is 0.378 e. The van der Waals surface area contributed by atoms with E-state index in [0.717, 1.165) is 11.4 Å². The Balaban J connectivity index is 2.10. The van der Waals surface area contributed by atoms with Crippen molar-refractivity contribution < 1.29 is 4.79 Å². The molecule has 0 spiro atoms. The van der Waals surface area contributed by atoms with E-state index in [2.05, 4.69) is 10.3 Å². The van der Waals surface area contributed by atoms with Crippen LogP contribution in [0.25, 0.3) is 0 Å². The van der Waals surface area contributed by atoms with Gasteiger partial charge in [-0.25, -0.2) is 4.98 Å². The second-order valence-corrected chi connectivity index (χ2v) is 4.65. The van der Waals surface area contributed by atoms with Crippen molar-refractivity contribution in [2.75, 3.05) is 24.3 Å². The average molecular weight is 276 g/mol. The Morgan fingerprint density at radius 2 is 1.89 bits per heavy atom. The fourth-order valence-electron chi connectivity index (χ4n) is 1.59. The molecule has 5 heteroatoms. The third-order valence-corrected chi connectivity index (χ3v) is 2.84. The summed E-state index contributed by atoms with van der Waals surface area (Å²) in [5, 5.41) is 3.11. The van der Waals surface area contributed by atoms with Crippen molar-refractivity contribution in [2.24, 2.45) is 0 Å². The first-order valence-corrected chi connectivity index (χ1v) is 6.14. The number of hydrogen-bond acceptors (Lipinski definition) is 3. The summed E-state index contributed by atoms with van der Waals surface area (Å²) in [6, 6.07) is 10.7. The predicted molar refractivity (Wildman–Crippen MR) is 78.0 cm³/mol. The highest BCUT2D eigenvalue weighted by molar-refractivity contribution is 6.29. The zero-order valence-electron chi connectivity index (χ0n) is 10.7. The molecule has 0 aliphatic rings. The van der Waals surface area contributed by atoms with Crippen LogP contribution in [0, 0.1) is 0 Å². The number of carbonyl (C=O) groups is 1. The number of amides is 1. The minimum atomic E-state index is -0.207. The number of nitrogens with one attached hydrogen (secondary N) is 1. The van der Waals surface area contributed by atoms with Crippen LogP contribution in [-0.4, -0.2) is 25.0 Å². The first-order chi connectivity index (χ1) is 9.06. The SMILES string of the molecule is CN(C)c1ccc(NC(=O)c2ccnc(Cl)c2)cc1. The molecule has 98 valence electrons. The molecule has 2 aromatic rings. The molecule has 0 saturated carbocycles. The maximum Gasteiger partial charge on any atom is 0.255 e. The minimum Gasteiger partial charge on any atom is -0.378 e. The van der Waals surface area contributed by atoms with Crippen molar-refractivity contribution in [2.45, 2.75) is 0 Å². The third kappa shape index (κ3) is 3.45. The lowest BCUT2D eigenvalue weighted by Gasteiger charge is -2.13. The van der Waals surface area contributed by atoms with Gasteiger partial charge in [-0.3, -0.25) is 4.79 Å². The van der Waals surface area contributed by atoms with E-state index in [1.807, 2.05) is 43.3 Å². The number of anilines is 2. The monoisotopic (exact) mass is 275 g/mol. The lowest BCUT2D eigenvalue weighted by molar-refractivity contribution is 0.102. The predicted octanol–water partition coefficient (Wildman–Crippen LogP) is 3.05. The number of pyridine rings is 1. The Labute approximate surface area is 117 Å². The van der Waals surface area contributed by atoms with Crippen LogP contribution in [0.5, 0.6) is 0 Å². The van der Waals surface area contributed by atoms with E-state index in [1.54, 1.807) is 6.07 Å². The fraction of sp³-hybridized carbons (Fsp3) is 0.143. The van der Waals surface area contributed by atoms with E-state index in [9.17, 15) is 4.79 Å². The molecule has 0 radical (unpaired) electrons. The van der Waals surface area contributed by atoms with Crippen molar-refractivity contribution in [1.29, 1.82) is 0 Å². The zero-order chi connectivity index (χ0) is 13.8. The van der Waals surface area contributed by atoms with Gasteiger partial charge < -0.3 is 10.2 Å². The van der Waals surface area contributed by atoms with Crippen LogP contribution in [0.3, 0.4) is 0 Å². The summed E-state index contributed by atoms with van der Waals surface area (Å²) in [6.45, 7) is 0. The van der Waals surface area contributed by atoms with Crippen LogP contribution in [0.4, 0.5) is 11.4 Å². The maximum absolute atomic E-state index is 12.0. The van der Waals surface area contributed by atoms with Gasteiger partial charge in [-0.15, -0.1) is 0 Å². The molecule has 19 heavy (non-hydrogen) atoms. The van der Waals surface area contributed by atoms with Crippen LogP contribution in [0.2, 0.25) is 5.15 Å². The lowest BCUT2D eigenvalue weighted by atomic mass is 10.2. The zero-order valence-corrected chi connectivity index (χ0v) is 11.5. The molecule has 0 fully saturated rings. The standard InChI is InChI=1S/C14H14ClN3O/c1-18(2)12-5-3-11(4-6-12)17-14(19)10-7-8-16-13(15)9-10/h3-9H,1-2H3,(H,17,19). The van der Waals surface area contributed by atoms with Crippen LogP contribution < -0.4 is 10.2 Å². The number of carbonyl (C=O) groups excluding carboxylic acids is 1. The molecule has 4 nitrogen and oxygen atoms in total. The maximum atomic E-state index is 12.0. The van der Waals surface area contributed by atoms with Gasteiger partial charge in [0.05, 0.1) is 0 Å². The second-order valence-electron chi connectivity index (χ2n) is 4.26. The molecule has 0 aliphatic carbocycles. The van der Waals surface area contributed by atoms with Gasteiger partial charge >= 0.3 is 0 Å². The van der Waals surface area contributed by atoms with Crippen LogP contribution in [0.15, 0.2) is 42.6 Å². The molecule has 0 aliphatic heterocycles. The van der Waals surface area contributed by atoms with Gasteiger partial charge in [-0.2, -0.15) is 0 Å². The molecule has 0 unspecified atom stereocenters. The van der Waals surface area contributed by atoms with Gasteiger partial charge in [0.1, 0.15) is 5.15 Å². The van der Waals surface area contributed by atoms with Gasteiger partial charge in [0.15, 0.2) is 0 Å². The van der Waals surface area contributed by atoms with Gasteiger partial charge in [-0.05, 0) is 36.4 Å². The Bertz CT molecular complexity index is 581. The molecule has 1 heterocycles. The Hall–Kier alpha value is -2.07. The van der Waals surface area contributed by atoms with Gasteiger partial charge in [0.2, 0.25) is 0 Å². The molecule has 2 rings (SSSR count). The van der Waals surface area contributed by atoms with Crippen LogP contribution in [0.1, 0.15) is 10.4 Å². The summed E-state index contributed by atoms with van der Waals surface area (Å²) >= 11 is 5.75. The Morgan fingerprint density at radius 3 is 2.47 bits per heavy atom. The molecule has 1 aromatic carbocycles. The van der Waals surface area contributed by atoms with E-state index in [0.29, 0.717) is 10.7 Å². The minimum absolute atomic E-state index is 0.207. The van der Waals surface area contributed by atoms with E-state index < -0.39 is 0 Å². The number of nitrogens with zero attached hydrogens (tertiary/aromatic N) is 2. The summed E-state index contributed by atoms with van der Waals surface area (Å²) in [4.78, 5) is 17.8. The fourth-order valence-corrected chi connectivity index (χ4v) is 1.76. The van der Waals surface area contributed by atoms with E-state index in [-0.39, 0.29) is 5.91 Å².